The Labute approximate surface area is 116 Å². The molecule has 0 heterocycles. The molecule has 0 saturated carbocycles. The fourth-order valence-electron chi connectivity index (χ4n) is 0.763. The second-order valence-electron chi connectivity index (χ2n) is 2.41. The van der Waals surface area contributed by atoms with Crippen molar-refractivity contribution in [3.05, 3.63) is 25.1 Å². The quantitative estimate of drug-likeness (QED) is 0.497. The Kier molecular flexibility index (Phi) is 4.46. The van der Waals surface area contributed by atoms with E-state index < -0.39 is 16.1 Å². The van der Waals surface area contributed by atoms with Gasteiger partial charge in [0.1, 0.15) is 10.0 Å². The van der Waals surface area contributed by atoms with Gasteiger partial charge < -0.3 is 4.18 Å². The molecule has 1 aromatic rings. The number of rotatable bonds is 2. The first-order chi connectivity index (χ1) is 7.15. The van der Waals surface area contributed by atoms with Crippen LogP contribution in [0.4, 0.5) is 0 Å². The molecule has 4 nitrogen and oxygen atoms in total. The van der Waals surface area contributed by atoms with Crippen LogP contribution in [0.2, 0.25) is 25.1 Å². The van der Waals surface area contributed by atoms with E-state index in [-0.39, 0.29) is 25.1 Å². The summed E-state index contributed by atoms with van der Waals surface area (Å²) in [6, 6.07) is 0. The first-order valence-corrected chi connectivity index (χ1v) is 6.59. The molecule has 1 rings (SSSR count). The third-order valence-corrected chi connectivity index (χ3v) is 3.98. The van der Waals surface area contributed by atoms with Gasteiger partial charge in [-0.25, -0.2) is 0 Å². The van der Waals surface area contributed by atoms with E-state index in [1.54, 1.807) is 0 Å². The Morgan fingerprint density at radius 2 is 1.12 bits per heavy atom. The molecular weight excluding hydrogens is 345 g/mol. The van der Waals surface area contributed by atoms with E-state index >= 15 is 0 Å². The van der Waals surface area contributed by atoms with Gasteiger partial charge in [-0.1, -0.05) is 58.0 Å². The highest BCUT2D eigenvalue weighted by molar-refractivity contribution is 7.81. The summed E-state index contributed by atoms with van der Waals surface area (Å²) in [7, 11) is -4.80. The van der Waals surface area contributed by atoms with Crippen LogP contribution in [0.1, 0.15) is 0 Å². The van der Waals surface area contributed by atoms with Gasteiger partial charge in [0, 0.05) is 0 Å². The minimum Gasteiger partial charge on any atom is -0.358 e. The van der Waals surface area contributed by atoms with E-state index in [0.717, 1.165) is 0 Å². The molecule has 10 heteroatoms. The van der Waals surface area contributed by atoms with Gasteiger partial charge in [-0.3, -0.25) is 4.55 Å². The fourth-order valence-corrected chi connectivity index (χ4v) is 2.43. The van der Waals surface area contributed by atoms with Crippen molar-refractivity contribution in [2.75, 3.05) is 0 Å². The molecule has 0 aromatic heterocycles. The third kappa shape index (κ3) is 2.98. The summed E-state index contributed by atoms with van der Waals surface area (Å²) in [5.41, 5.74) is 0. The molecule has 0 aliphatic carbocycles. The zero-order valence-electron chi connectivity index (χ0n) is 6.97. The van der Waals surface area contributed by atoms with Crippen molar-refractivity contribution in [2.24, 2.45) is 0 Å². The lowest BCUT2D eigenvalue weighted by atomic mass is 10.3. The van der Waals surface area contributed by atoms with Crippen molar-refractivity contribution in [2.45, 2.75) is 0 Å². The van der Waals surface area contributed by atoms with Gasteiger partial charge in [-0.2, -0.15) is 8.42 Å². The topological polar surface area (TPSA) is 63.6 Å². The molecule has 0 unspecified atom stereocenters. The maximum atomic E-state index is 10.5. The summed E-state index contributed by atoms with van der Waals surface area (Å²) >= 11 is 28.1. The monoisotopic (exact) mass is 344 g/mol. The van der Waals surface area contributed by atoms with Crippen molar-refractivity contribution in [3.8, 4) is 5.75 Å². The number of hydrogen-bond donors (Lipinski definition) is 1. The van der Waals surface area contributed by atoms with Crippen LogP contribution in [0.5, 0.6) is 5.75 Å². The average molecular weight is 346 g/mol. The summed E-state index contributed by atoms with van der Waals surface area (Å²) in [6.45, 7) is 0. The van der Waals surface area contributed by atoms with Gasteiger partial charge in [-0.05, 0) is 0 Å². The zero-order valence-corrected chi connectivity index (χ0v) is 11.6. The Balaban J connectivity index is 3.52. The zero-order chi connectivity index (χ0) is 12.7. The Morgan fingerprint density at radius 1 is 0.812 bits per heavy atom. The van der Waals surface area contributed by atoms with E-state index in [1.807, 2.05) is 0 Å². The minimum atomic E-state index is -4.80. The number of benzene rings is 1. The van der Waals surface area contributed by atoms with E-state index in [2.05, 4.69) is 4.18 Å². The number of hydrogen-bond acceptors (Lipinski definition) is 3. The van der Waals surface area contributed by atoms with Crippen molar-refractivity contribution in [1.29, 1.82) is 0 Å². The maximum absolute atomic E-state index is 10.5. The first-order valence-electron chi connectivity index (χ1n) is 3.33. The van der Waals surface area contributed by atoms with Crippen LogP contribution < -0.4 is 4.18 Å². The molecule has 16 heavy (non-hydrogen) atoms. The van der Waals surface area contributed by atoms with Crippen LogP contribution >= 0.6 is 58.0 Å². The SMILES string of the molecule is O=S(=O)(O)Oc1c(Cl)c(Cl)c(Cl)c(Cl)c1Cl. The predicted molar refractivity (Wildman–Crippen MR) is 63.7 cm³/mol. The van der Waals surface area contributed by atoms with Crippen LogP contribution in [-0.4, -0.2) is 13.0 Å². The van der Waals surface area contributed by atoms with E-state index in [4.69, 9.17) is 62.6 Å². The molecule has 1 aromatic carbocycles. The van der Waals surface area contributed by atoms with Crippen molar-refractivity contribution < 1.29 is 17.2 Å². The lowest BCUT2D eigenvalue weighted by Gasteiger charge is -2.10. The molecule has 0 fully saturated rings. The van der Waals surface area contributed by atoms with Crippen molar-refractivity contribution in [3.63, 3.8) is 0 Å². The van der Waals surface area contributed by atoms with Crippen molar-refractivity contribution >= 4 is 68.4 Å². The summed E-state index contributed by atoms with van der Waals surface area (Å²) in [5, 5.41) is -1.38. The summed E-state index contributed by atoms with van der Waals surface area (Å²) < 4.78 is 33.6. The molecule has 0 aliphatic heterocycles. The highest BCUT2D eigenvalue weighted by Crippen LogP contribution is 2.48. The van der Waals surface area contributed by atoms with Gasteiger partial charge >= 0.3 is 10.4 Å². The molecule has 0 bridgehead atoms. The van der Waals surface area contributed by atoms with Gasteiger partial charge in [0.25, 0.3) is 0 Å². The molecule has 0 aliphatic rings. The van der Waals surface area contributed by atoms with Gasteiger partial charge in [0.05, 0.1) is 15.1 Å². The molecule has 1 N–H and O–H groups in total. The van der Waals surface area contributed by atoms with Gasteiger partial charge in [-0.15, -0.1) is 0 Å². The Hall–Kier alpha value is 0.380. The van der Waals surface area contributed by atoms with Crippen LogP contribution in [0.15, 0.2) is 0 Å². The molecule has 90 valence electrons. The van der Waals surface area contributed by atoms with Gasteiger partial charge in [0.15, 0.2) is 5.75 Å². The fraction of sp³-hybridized carbons (Fsp3) is 0. The normalized spacial score (nSPS) is 11.6. The summed E-state index contributed by atoms with van der Waals surface area (Å²) in [6.07, 6.45) is 0. The Morgan fingerprint density at radius 3 is 1.44 bits per heavy atom. The van der Waals surface area contributed by atoms with Crippen molar-refractivity contribution in [1.82, 2.24) is 0 Å². The lowest BCUT2D eigenvalue weighted by molar-refractivity contribution is 0.387. The smallest absolute Gasteiger partial charge is 0.358 e. The molecule has 0 radical (unpaired) electrons. The van der Waals surface area contributed by atoms with Gasteiger partial charge in [0.2, 0.25) is 0 Å². The summed E-state index contributed by atoms with van der Waals surface area (Å²) in [4.78, 5) is 0. The Bertz CT molecular complexity index is 511. The van der Waals surface area contributed by atoms with E-state index in [0.29, 0.717) is 0 Å². The largest absolute Gasteiger partial charge is 0.446 e. The highest BCUT2D eigenvalue weighted by Gasteiger charge is 2.23. The van der Waals surface area contributed by atoms with Crippen LogP contribution in [0.25, 0.3) is 0 Å². The molecule has 0 atom stereocenters. The number of halogens is 5. The average Bonchev–Trinajstić information content (AvgIpc) is 2.17. The van der Waals surface area contributed by atoms with Crippen LogP contribution in [-0.2, 0) is 10.4 Å². The third-order valence-electron chi connectivity index (χ3n) is 1.36. The van der Waals surface area contributed by atoms with E-state index in [9.17, 15) is 8.42 Å². The molecular formula is C6HCl5O4S. The standard InChI is InChI=1S/C6HCl5O4S/c7-1-2(8)4(10)6(5(11)3(1)9)15-16(12,13)14/h(H,12,13,14). The van der Waals surface area contributed by atoms with Crippen LogP contribution in [0.3, 0.4) is 0 Å². The van der Waals surface area contributed by atoms with Crippen LogP contribution in [0, 0.1) is 0 Å². The minimum absolute atomic E-state index is 0.152. The highest BCUT2D eigenvalue weighted by atomic mass is 35.5. The maximum Gasteiger partial charge on any atom is 0.446 e. The molecule has 0 saturated heterocycles. The lowest BCUT2D eigenvalue weighted by Crippen LogP contribution is -2.07. The van der Waals surface area contributed by atoms with E-state index in [1.165, 1.54) is 0 Å². The molecule has 0 amide bonds. The first kappa shape index (κ1) is 14.4. The second-order valence-corrected chi connectivity index (χ2v) is 5.32. The second kappa shape index (κ2) is 4.94. The summed E-state index contributed by atoms with van der Waals surface area (Å²) in [5.74, 6) is -0.592. The molecule has 0 spiro atoms. The predicted octanol–water partition coefficient (Wildman–Crippen LogP) is 4.14.